The zero-order valence-corrected chi connectivity index (χ0v) is 20.7. The Labute approximate surface area is 186 Å². The second kappa shape index (κ2) is 8.42. The van der Waals surface area contributed by atoms with Gasteiger partial charge in [-0.3, -0.25) is 0 Å². The summed E-state index contributed by atoms with van der Waals surface area (Å²) in [5.74, 6) is 5.15. The lowest BCUT2D eigenvalue weighted by Crippen LogP contribution is -2.50. The average Bonchev–Trinajstić information content (AvgIpc) is 3.06. The molecule has 3 saturated carbocycles. The van der Waals surface area contributed by atoms with Gasteiger partial charge >= 0.3 is 0 Å². The highest BCUT2D eigenvalue weighted by Gasteiger charge is 2.59. The van der Waals surface area contributed by atoms with E-state index in [1.807, 2.05) is 0 Å². The molecule has 1 nitrogen and oxygen atoms in total. The molecule has 0 aromatic rings. The summed E-state index contributed by atoms with van der Waals surface area (Å²) in [6.07, 6.45) is 17.8. The van der Waals surface area contributed by atoms with Crippen LogP contribution in [-0.4, -0.2) is 11.2 Å². The molecule has 0 unspecified atom stereocenters. The molecule has 0 saturated heterocycles. The summed E-state index contributed by atoms with van der Waals surface area (Å²) in [7, 11) is 0. The fraction of sp³-hybridized carbons (Fsp3) is 0.862. The van der Waals surface area contributed by atoms with Crippen molar-refractivity contribution in [3.63, 3.8) is 0 Å². The van der Waals surface area contributed by atoms with Gasteiger partial charge in [0.2, 0.25) is 0 Å². The fourth-order valence-electron chi connectivity index (χ4n) is 8.98. The van der Waals surface area contributed by atoms with E-state index in [1.165, 1.54) is 51.4 Å². The Bertz CT molecular complexity index is 686. The third-order valence-corrected chi connectivity index (χ3v) is 10.8. The molecule has 4 aliphatic carbocycles. The molecule has 0 bridgehead atoms. The molecule has 0 spiro atoms. The van der Waals surface area contributed by atoms with Crippen molar-refractivity contribution in [2.75, 3.05) is 0 Å². The van der Waals surface area contributed by atoms with E-state index in [9.17, 15) is 5.11 Å². The fourth-order valence-corrected chi connectivity index (χ4v) is 8.98. The average molecular weight is 413 g/mol. The summed E-state index contributed by atoms with van der Waals surface area (Å²) in [5.41, 5.74) is 4.21. The zero-order chi connectivity index (χ0) is 21.7. The van der Waals surface area contributed by atoms with Gasteiger partial charge in [-0.1, -0.05) is 57.9 Å². The van der Waals surface area contributed by atoms with E-state index < -0.39 is 0 Å². The van der Waals surface area contributed by atoms with Crippen molar-refractivity contribution in [3.8, 4) is 0 Å². The van der Waals surface area contributed by atoms with Crippen LogP contribution in [0.25, 0.3) is 0 Å². The monoisotopic (exact) mass is 412 g/mol. The van der Waals surface area contributed by atoms with Gasteiger partial charge in [0.1, 0.15) is 0 Å². The quantitative estimate of drug-likeness (QED) is 0.454. The van der Waals surface area contributed by atoms with Gasteiger partial charge < -0.3 is 5.11 Å². The van der Waals surface area contributed by atoms with Crippen LogP contribution in [-0.2, 0) is 0 Å². The van der Waals surface area contributed by atoms with Gasteiger partial charge in [-0.2, -0.15) is 0 Å². The lowest BCUT2D eigenvalue weighted by Gasteiger charge is -2.58. The van der Waals surface area contributed by atoms with Gasteiger partial charge in [0.15, 0.2) is 0 Å². The maximum Gasteiger partial charge on any atom is 0.0577 e. The number of aliphatic hydroxyl groups is 1. The van der Waals surface area contributed by atoms with Gasteiger partial charge in [-0.15, -0.1) is 0 Å². The minimum atomic E-state index is -0.0839. The Hall–Kier alpha value is -0.560. The molecule has 0 aromatic carbocycles. The SMILES string of the molecule is C/C=C(/CC[C@@H](C)[C@H]1CC[C@@H]2[C@H]3CC=C4C[C@@H](O)CC[C@]4(C)[C@@H]3CC[C@@]21C)C(C)C. The minimum Gasteiger partial charge on any atom is -0.393 e. The summed E-state index contributed by atoms with van der Waals surface area (Å²) in [6.45, 7) is 14.7. The second-order valence-electron chi connectivity index (χ2n) is 12.4. The molecule has 170 valence electrons. The third kappa shape index (κ3) is 3.66. The first kappa shape index (κ1) is 22.6. The summed E-state index contributed by atoms with van der Waals surface area (Å²) >= 11 is 0. The van der Waals surface area contributed by atoms with Crippen molar-refractivity contribution in [3.05, 3.63) is 23.3 Å². The van der Waals surface area contributed by atoms with Crippen LogP contribution in [0.2, 0.25) is 0 Å². The highest BCUT2D eigenvalue weighted by molar-refractivity contribution is 5.25. The Balaban J connectivity index is 1.49. The lowest BCUT2D eigenvalue weighted by molar-refractivity contribution is -0.0571. The summed E-state index contributed by atoms with van der Waals surface area (Å²) < 4.78 is 0. The molecule has 3 fully saturated rings. The predicted molar refractivity (Wildman–Crippen MR) is 128 cm³/mol. The van der Waals surface area contributed by atoms with Crippen molar-refractivity contribution < 1.29 is 5.11 Å². The van der Waals surface area contributed by atoms with E-state index in [0.29, 0.717) is 16.7 Å². The van der Waals surface area contributed by atoms with Crippen molar-refractivity contribution in [1.29, 1.82) is 0 Å². The van der Waals surface area contributed by atoms with Gasteiger partial charge in [-0.25, -0.2) is 0 Å². The maximum absolute atomic E-state index is 10.2. The Morgan fingerprint density at radius 1 is 1.10 bits per heavy atom. The van der Waals surface area contributed by atoms with E-state index in [-0.39, 0.29) is 6.10 Å². The number of rotatable bonds is 5. The first-order valence-electron chi connectivity index (χ1n) is 13.2. The number of aliphatic hydroxyl groups excluding tert-OH is 1. The van der Waals surface area contributed by atoms with Gasteiger partial charge in [0.05, 0.1) is 6.10 Å². The van der Waals surface area contributed by atoms with Gasteiger partial charge in [0.25, 0.3) is 0 Å². The molecule has 0 aromatic heterocycles. The number of hydrogen-bond donors (Lipinski definition) is 1. The second-order valence-corrected chi connectivity index (χ2v) is 12.4. The van der Waals surface area contributed by atoms with Crippen LogP contribution in [0, 0.1) is 46.3 Å². The van der Waals surface area contributed by atoms with E-state index in [4.69, 9.17) is 0 Å². The highest BCUT2D eigenvalue weighted by atomic mass is 16.3. The van der Waals surface area contributed by atoms with E-state index in [2.05, 4.69) is 53.7 Å². The maximum atomic E-state index is 10.2. The molecule has 30 heavy (non-hydrogen) atoms. The lowest BCUT2D eigenvalue weighted by atomic mass is 9.47. The molecular formula is C29H48O. The van der Waals surface area contributed by atoms with Crippen LogP contribution in [0.3, 0.4) is 0 Å². The van der Waals surface area contributed by atoms with Gasteiger partial charge in [-0.05, 0) is 117 Å². The molecule has 0 aliphatic heterocycles. The zero-order valence-electron chi connectivity index (χ0n) is 20.7. The molecule has 8 atom stereocenters. The standard InChI is InChI=1S/C29H48O/c1-7-21(19(2)3)9-8-20(4)25-12-13-26-24-11-10-22-18-23(30)14-16-28(22,5)27(24)15-17-29(25,26)6/h7,10,19-20,23-27,30H,8-9,11-18H2,1-6H3/b21-7-/t20-,23+,24-,25-,26-,27-,28+,29-/m1/s1. The predicted octanol–water partition coefficient (Wildman–Crippen LogP) is 7.94. The van der Waals surface area contributed by atoms with Crippen LogP contribution in [0.4, 0.5) is 0 Å². The largest absolute Gasteiger partial charge is 0.393 e. The first-order chi connectivity index (χ1) is 14.2. The van der Waals surface area contributed by atoms with Crippen molar-refractivity contribution in [1.82, 2.24) is 0 Å². The summed E-state index contributed by atoms with van der Waals surface area (Å²) in [6, 6.07) is 0. The summed E-state index contributed by atoms with van der Waals surface area (Å²) in [4.78, 5) is 0. The van der Waals surface area contributed by atoms with Crippen LogP contribution in [0.1, 0.15) is 106 Å². The molecule has 0 heterocycles. The molecule has 1 heteroatoms. The summed E-state index contributed by atoms with van der Waals surface area (Å²) in [5, 5.41) is 10.2. The molecule has 1 N–H and O–H groups in total. The van der Waals surface area contributed by atoms with Gasteiger partial charge in [0, 0.05) is 0 Å². The van der Waals surface area contributed by atoms with E-state index >= 15 is 0 Å². The van der Waals surface area contributed by atoms with Crippen molar-refractivity contribution in [2.24, 2.45) is 46.3 Å². The molecule has 4 rings (SSSR count). The number of fused-ring (bicyclic) bond motifs is 5. The molecular weight excluding hydrogens is 364 g/mol. The number of hydrogen-bond acceptors (Lipinski definition) is 1. The third-order valence-electron chi connectivity index (χ3n) is 10.8. The molecule has 4 aliphatic rings. The number of allylic oxidation sites excluding steroid dienone is 3. The minimum absolute atomic E-state index is 0.0839. The Kier molecular flexibility index (Phi) is 6.35. The Morgan fingerprint density at radius 3 is 2.57 bits per heavy atom. The molecule has 0 radical (unpaired) electrons. The van der Waals surface area contributed by atoms with Crippen molar-refractivity contribution in [2.45, 2.75) is 112 Å². The van der Waals surface area contributed by atoms with Crippen LogP contribution in [0.15, 0.2) is 23.3 Å². The van der Waals surface area contributed by atoms with E-state index in [1.54, 1.807) is 11.1 Å². The molecule has 0 amide bonds. The first-order valence-corrected chi connectivity index (χ1v) is 13.2. The van der Waals surface area contributed by atoms with E-state index in [0.717, 1.165) is 42.4 Å². The highest BCUT2D eigenvalue weighted by Crippen LogP contribution is 2.67. The Morgan fingerprint density at radius 2 is 1.87 bits per heavy atom. The van der Waals surface area contributed by atoms with Crippen LogP contribution >= 0.6 is 0 Å². The van der Waals surface area contributed by atoms with Crippen LogP contribution in [0.5, 0.6) is 0 Å². The normalized spacial score (nSPS) is 44.9. The van der Waals surface area contributed by atoms with Crippen molar-refractivity contribution >= 4 is 0 Å². The van der Waals surface area contributed by atoms with Crippen LogP contribution < -0.4 is 0 Å². The topological polar surface area (TPSA) is 20.2 Å². The smallest absolute Gasteiger partial charge is 0.0577 e.